The summed E-state index contributed by atoms with van der Waals surface area (Å²) in [7, 11) is 0. The summed E-state index contributed by atoms with van der Waals surface area (Å²) >= 11 is 2.57. The van der Waals surface area contributed by atoms with Crippen LogP contribution in [0.5, 0.6) is 0 Å². The Morgan fingerprint density at radius 1 is 1.39 bits per heavy atom. The highest BCUT2D eigenvalue weighted by Gasteiger charge is 2.22. The Labute approximate surface area is 171 Å². The molecule has 0 aliphatic carbocycles. The Morgan fingerprint density at radius 2 is 2.21 bits per heavy atom. The van der Waals surface area contributed by atoms with E-state index in [0.29, 0.717) is 11.3 Å². The number of benzene rings is 1. The normalized spacial score (nSPS) is 17.9. The van der Waals surface area contributed by atoms with Gasteiger partial charge in [0.05, 0.1) is 21.7 Å². The minimum atomic E-state index is -0.321. The first kappa shape index (κ1) is 20.8. The van der Waals surface area contributed by atoms with Crippen molar-refractivity contribution in [3.8, 4) is 0 Å². The number of halogens is 1. The fraction of sp³-hybridized carbons (Fsp3) is 0.450. The number of fused-ring (bicyclic) bond motifs is 1. The SMILES string of the molecule is C=CCn1c(=NC(=O)CSCC(=O)N2CCCCC2C)sc2cc(F)ccc21. The number of thiazole rings is 1. The van der Waals surface area contributed by atoms with Crippen LogP contribution < -0.4 is 4.80 Å². The van der Waals surface area contributed by atoms with Gasteiger partial charge in [-0.05, 0) is 44.4 Å². The molecule has 8 heteroatoms. The van der Waals surface area contributed by atoms with E-state index >= 15 is 0 Å². The molecule has 0 N–H and O–H groups in total. The lowest BCUT2D eigenvalue weighted by Crippen LogP contribution is -2.43. The number of hydrogen-bond acceptors (Lipinski definition) is 4. The molecule has 1 saturated heterocycles. The van der Waals surface area contributed by atoms with Gasteiger partial charge in [-0.1, -0.05) is 17.4 Å². The lowest BCUT2D eigenvalue weighted by molar-refractivity contribution is -0.131. The number of likely N-dealkylation sites (tertiary alicyclic amines) is 1. The van der Waals surface area contributed by atoms with Crippen molar-refractivity contribution in [3.63, 3.8) is 0 Å². The minimum absolute atomic E-state index is 0.0871. The smallest absolute Gasteiger partial charge is 0.258 e. The molecule has 1 fully saturated rings. The maximum atomic E-state index is 13.5. The van der Waals surface area contributed by atoms with Gasteiger partial charge in [-0.15, -0.1) is 18.3 Å². The second-order valence-corrected chi connectivity index (χ2v) is 8.82. The first-order chi connectivity index (χ1) is 13.5. The maximum absolute atomic E-state index is 13.5. The van der Waals surface area contributed by atoms with Gasteiger partial charge < -0.3 is 9.47 Å². The van der Waals surface area contributed by atoms with Gasteiger partial charge >= 0.3 is 0 Å². The number of amides is 2. The number of carbonyl (C=O) groups excluding carboxylic acids is 2. The van der Waals surface area contributed by atoms with Crippen molar-refractivity contribution in [2.24, 2.45) is 4.99 Å². The molecule has 0 bridgehead atoms. The summed E-state index contributed by atoms with van der Waals surface area (Å²) in [5.74, 6) is -0.0997. The van der Waals surface area contributed by atoms with Gasteiger partial charge in [-0.3, -0.25) is 9.59 Å². The summed E-state index contributed by atoms with van der Waals surface area (Å²) in [5.41, 5.74) is 0.819. The molecule has 1 aliphatic rings. The molecule has 1 unspecified atom stereocenters. The third-order valence-electron chi connectivity index (χ3n) is 4.75. The lowest BCUT2D eigenvalue weighted by Gasteiger charge is -2.33. The van der Waals surface area contributed by atoms with Gasteiger partial charge in [0.25, 0.3) is 5.91 Å². The Morgan fingerprint density at radius 3 is 2.96 bits per heavy atom. The molecule has 0 saturated carbocycles. The number of thioether (sulfide) groups is 1. The highest BCUT2D eigenvalue weighted by atomic mass is 32.2. The predicted molar refractivity (Wildman–Crippen MR) is 113 cm³/mol. The average molecular weight is 422 g/mol. The first-order valence-corrected chi connectivity index (χ1v) is 11.3. The van der Waals surface area contributed by atoms with Crippen LogP contribution in [0, 0.1) is 5.82 Å². The number of hydrogen-bond donors (Lipinski definition) is 0. The number of piperidine rings is 1. The van der Waals surface area contributed by atoms with Crippen molar-refractivity contribution < 1.29 is 14.0 Å². The van der Waals surface area contributed by atoms with E-state index < -0.39 is 0 Å². The Hall–Kier alpha value is -1.93. The number of allylic oxidation sites excluding steroid dienone is 1. The van der Waals surface area contributed by atoms with E-state index in [0.717, 1.165) is 29.6 Å². The van der Waals surface area contributed by atoms with Crippen LogP contribution in [0.3, 0.4) is 0 Å². The van der Waals surface area contributed by atoms with Crippen LogP contribution in [0.1, 0.15) is 26.2 Å². The molecule has 3 rings (SSSR count). The third kappa shape index (κ3) is 4.91. The largest absolute Gasteiger partial charge is 0.339 e. The summed E-state index contributed by atoms with van der Waals surface area (Å²) in [6.45, 7) is 7.10. The molecule has 2 heterocycles. The van der Waals surface area contributed by atoms with Gasteiger partial charge in [0, 0.05) is 19.1 Å². The molecule has 5 nitrogen and oxygen atoms in total. The molecule has 0 spiro atoms. The van der Waals surface area contributed by atoms with Crippen molar-refractivity contribution in [2.45, 2.75) is 38.8 Å². The van der Waals surface area contributed by atoms with E-state index in [2.05, 4.69) is 18.5 Å². The second kappa shape index (κ2) is 9.52. The van der Waals surface area contributed by atoms with E-state index in [9.17, 15) is 14.0 Å². The lowest BCUT2D eigenvalue weighted by atomic mass is 10.0. The standard InChI is InChI=1S/C20H24FN3O2S2/c1-3-9-24-16-8-7-15(21)11-17(16)28-20(24)22-18(25)12-27-13-19(26)23-10-5-4-6-14(23)2/h3,7-8,11,14H,1,4-6,9-10,12-13H2,2H3. The number of aromatic nitrogens is 1. The predicted octanol–water partition coefficient (Wildman–Crippen LogP) is 3.59. The second-order valence-electron chi connectivity index (χ2n) is 6.83. The molecule has 2 amide bonds. The van der Waals surface area contributed by atoms with Crippen LogP contribution in [-0.2, 0) is 16.1 Å². The van der Waals surface area contributed by atoms with Crippen molar-refractivity contribution in [1.82, 2.24) is 9.47 Å². The highest BCUT2D eigenvalue weighted by molar-refractivity contribution is 8.00. The minimum Gasteiger partial charge on any atom is -0.339 e. The Balaban J connectivity index is 1.66. The molecule has 150 valence electrons. The number of rotatable bonds is 6. The van der Waals surface area contributed by atoms with Gasteiger partial charge in [-0.25, -0.2) is 4.39 Å². The third-order valence-corrected chi connectivity index (χ3v) is 6.69. The summed E-state index contributed by atoms with van der Waals surface area (Å²) in [6, 6.07) is 4.79. The Kier molecular flexibility index (Phi) is 7.07. The zero-order valence-electron chi connectivity index (χ0n) is 15.9. The zero-order valence-corrected chi connectivity index (χ0v) is 17.5. The monoisotopic (exact) mass is 421 g/mol. The number of nitrogens with zero attached hydrogens (tertiary/aromatic N) is 3. The number of carbonyl (C=O) groups is 2. The van der Waals surface area contributed by atoms with E-state index in [1.807, 2.05) is 9.47 Å². The molecular formula is C20H24FN3O2S2. The van der Waals surface area contributed by atoms with Crippen molar-refractivity contribution in [2.75, 3.05) is 18.1 Å². The fourth-order valence-electron chi connectivity index (χ4n) is 3.35. The van der Waals surface area contributed by atoms with Gasteiger partial charge in [0.1, 0.15) is 5.82 Å². The maximum Gasteiger partial charge on any atom is 0.258 e. The average Bonchev–Trinajstić information content (AvgIpc) is 2.98. The fourth-order valence-corrected chi connectivity index (χ4v) is 5.12. The van der Waals surface area contributed by atoms with Crippen LogP contribution >= 0.6 is 23.1 Å². The molecule has 1 atom stereocenters. The topological polar surface area (TPSA) is 54.7 Å². The van der Waals surface area contributed by atoms with Crippen LogP contribution in [0.2, 0.25) is 0 Å². The van der Waals surface area contributed by atoms with Crippen LogP contribution in [-0.4, -0.2) is 45.4 Å². The van der Waals surface area contributed by atoms with Crippen LogP contribution in [0.25, 0.3) is 10.2 Å². The molecular weight excluding hydrogens is 397 g/mol. The van der Waals surface area contributed by atoms with Gasteiger partial charge in [-0.2, -0.15) is 4.99 Å². The molecule has 1 aromatic carbocycles. The van der Waals surface area contributed by atoms with E-state index in [4.69, 9.17) is 0 Å². The highest BCUT2D eigenvalue weighted by Crippen LogP contribution is 2.19. The van der Waals surface area contributed by atoms with Crippen LogP contribution in [0.15, 0.2) is 35.8 Å². The molecule has 1 aromatic heterocycles. The summed E-state index contributed by atoms with van der Waals surface area (Å²) in [4.78, 5) is 31.3. The van der Waals surface area contributed by atoms with Gasteiger partial charge in [0.2, 0.25) is 5.91 Å². The summed E-state index contributed by atoms with van der Waals surface area (Å²) in [6.07, 6.45) is 4.97. The zero-order chi connectivity index (χ0) is 20.1. The van der Waals surface area contributed by atoms with E-state index in [1.165, 1.54) is 41.7 Å². The van der Waals surface area contributed by atoms with Crippen molar-refractivity contribution in [1.29, 1.82) is 0 Å². The molecule has 1 aliphatic heterocycles. The quantitative estimate of drug-likeness (QED) is 0.670. The Bertz CT molecular complexity index is 951. The molecule has 28 heavy (non-hydrogen) atoms. The first-order valence-electron chi connectivity index (χ1n) is 9.34. The van der Waals surface area contributed by atoms with Crippen molar-refractivity contribution >= 4 is 45.1 Å². The molecule has 2 aromatic rings. The van der Waals surface area contributed by atoms with E-state index in [-0.39, 0.29) is 35.2 Å². The van der Waals surface area contributed by atoms with Crippen LogP contribution in [0.4, 0.5) is 4.39 Å². The summed E-state index contributed by atoms with van der Waals surface area (Å²) < 4.78 is 16.1. The van der Waals surface area contributed by atoms with E-state index in [1.54, 1.807) is 12.1 Å². The van der Waals surface area contributed by atoms with Gasteiger partial charge in [0.15, 0.2) is 4.80 Å². The summed E-state index contributed by atoms with van der Waals surface area (Å²) in [5, 5.41) is 0. The molecule has 0 radical (unpaired) electrons. The van der Waals surface area contributed by atoms with Crippen molar-refractivity contribution in [3.05, 3.63) is 41.5 Å².